The van der Waals surface area contributed by atoms with Gasteiger partial charge in [-0.2, -0.15) is 0 Å². The molecule has 0 spiro atoms. The van der Waals surface area contributed by atoms with Gasteiger partial charge in [-0.1, -0.05) is 41.1 Å². The largest absolute Gasteiger partial charge is 0.495 e. The first-order chi connectivity index (χ1) is 26.7. The zero-order chi connectivity index (χ0) is 40.5. The molecule has 0 radical (unpaired) electrons. The average Bonchev–Trinajstić information content (AvgIpc) is 3.41. The van der Waals surface area contributed by atoms with Gasteiger partial charge in [-0.25, -0.2) is 9.97 Å². The number of nitrogens with two attached hydrogens (primary N) is 2. The number of ether oxygens (including phenoxy) is 2. The van der Waals surface area contributed by atoms with Gasteiger partial charge in [-0.3, -0.25) is 0 Å². The number of halogens is 1. The molecule has 4 aromatic rings. The molecule has 3 aliphatic heterocycles. The van der Waals surface area contributed by atoms with E-state index in [4.69, 9.17) is 41.9 Å². The van der Waals surface area contributed by atoms with Crippen LogP contribution in [0.5, 0.6) is 0 Å². The summed E-state index contributed by atoms with van der Waals surface area (Å²) in [5.74, 6) is 11.9. The highest BCUT2D eigenvalue weighted by Gasteiger charge is 2.52. The minimum Gasteiger partial charge on any atom is -0.399 e. The van der Waals surface area contributed by atoms with Gasteiger partial charge in [0.2, 0.25) is 0 Å². The Kier molecular flexibility index (Phi) is 14.3. The standard InChI is InChI=1S/C19H21N3O.C13H20BNO2.C12H13ClN2O/c1-3-4-18-19(22-7-9-23-10-8-22)11-15(13-21-18)17-12-16(20)6-5-14(17)2;1-9-6-7-10(15)8-11(9)14-16-12(2,3)13(4,5)17-14;1-2-3-11-12(8-10(13)9-14-11)15-4-6-16-7-5-15/h5-6,11-13H,7-10,20H2,1-2H3;6-8H,15H2,1-5H3;8-9H,4-7H2,1H3. The summed E-state index contributed by atoms with van der Waals surface area (Å²) in [7, 11) is -0.330. The molecule has 7 rings (SSSR count). The predicted molar refractivity (Wildman–Crippen MR) is 231 cm³/mol. The maximum atomic E-state index is 6.01. The maximum absolute atomic E-state index is 6.01. The molecular weight excluding hydrogens is 723 g/mol. The molecule has 0 aliphatic carbocycles. The lowest BCUT2D eigenvalue weighted by Crippen LogP contribution is -2.41. The zero-order valence-corrected chi connectivity index (χ0v) is 34.7. The van der Waals surface area contributed by atoms with Crippen molar-refractivity contribution in [3.63, 3.8) is 0 Å². The fourth-order valence-corrected chi connectivity index (χ4v) is 6.53. The number of pyridine rings is 2. The van der Waals surface area contributed by atoms with E-state index < -0.39 is 0 Å². The Morgan fingerprint density at radius 1 is 0.679 bits per heavy atom. The van der Waals surface area contributed by atoms with Crippen LogP contribution in [0.1, 0.15) is 64.1 Å². The molecular formula is C44H54BClN6O4. The van der Waals surface area contributed by atoms with Crippen LogP contribution >= 0.6 is 11.6 Å². The third-order valence-electron chi connectivity index (χ3n) is 10.3. The first-order valence-electron chi connectivity index (χ1n) is 19.0. The van der Waals surface area contributed by atoms with Crippen LogP contribution in [0.4, 0.5) is 22.7 Å². The van der Waals surface area contributed by atoms with Crippen molar-refractivity contribution in [2.45, 2.75) is 66.6 Å². The van der Waals surface area contributed by atoms with Crippen LogP contribution in [0, 0.1) is 37.5 Å². The number of hydrogen-bond acceptors (Lipinski definition) is 10. The van der Waals surface area contributed by atoms with Gasteiger partial charge in [0.15, 0.2) is 0 Å². The monoisotopic (exact) mass is 776 g/mol. The second-order valence-electron chi connectivity index (χ2n) is 14.8. The number of rotatable bonds is 4. The fourth-order valence-electron chi connectivity index (χ4n) is 6.38. The lowest BCUT2D eigenvalue weighted by atomic mass is 9.76. The number of aromatic nitrogens is 2. The van der Waals surface area contributed by atoms with Gasteiger partial charge < -0.3 is 40.0 Å². The van der Waals surface area contributed by atoms with Crippen molar-refractivity contribution in [1.29, 1.82) is 0 Å². The zero-order valence-electron chi connectivity index (χ0n) is 34.0. The van der Waals surface area contributed by atoms with E-state index >= 15 is 0 Å². The van der Waals surface area contributed by atoms with Gasteiger partial charge in [0.05, 0.1) is 54.0 Å². The third kappa shape index (κ3) is 10.6. The Bertz CT molecular complexity index is 2090. The van der Waals surface area contributed by atoms with Gasteiger partial charge in [0.25, 0.3) is 0 Å². The van der Waals surface area contributed by atoms with Crippen molar-refractivity contribution in [3.8, 4) is 34.8 Å². The van der Waals surface area contributed by atoms with Gasteiger partial charge in [0.1, 0.15) is 11.4 Å². The molecule has 0 bridgehead atoms. The summed E-state index contributed by atoms with van der Waals surface area (Å²) in [5.41, 5.74) is 21.8. The lowest BCUT2D eigenvalue weighted by molar-refractivity contribution is 0.00578. The number of benzene rings is 2. The summed E-state index contributed by atoms with van der Waals surface area (Å²) < 4.78 is 22.8. The summed E-state index contributed by atoms with van der Waals surface area (Å²) >= 11 is 5.97. The van der Waals surface area contributed by atoms with Gasteiger partial charge in [0, 0.05) is 55.5 Å². The average molecular weight is 777 g/mol. The van der Waals surface area contributed by atoms with Crippen LogP contribution in [0.3, 0.4) is 0 Å². The molecule has 3 fully saturated rings. The molecule has 3 aliphatic rings. The Labute approximate surface area is 338 Å². The van der Waals surface area contributed by atoms with Crippen LogP contribution in [-0.2, 0) is 18.8 Å². The molecule has 10 nitrogen and oxygen atoms in total. The smallest absolute Gasteiger partial charge is 0.399 e. The SMILES string of the molecule is CC#Cc1ncc(-c2cc(N)ccc2C)cc1N1CCOCC1.CC#Cc1ncc(Cl)cc1N1CCOCC1.Cc1ccc(N)cc1B1OC(C)(C)C(C)(C)O1. The Balaban J connectivity index is 0.000000164. The summed E-state index contributed by atoms with van der Waals surface area (Å²) in [5, 5.41) is 0.642. The molecule has 12 heteroatoms. The Morgan fingerprint density at radius 3 is 1.70 bits per heavy atom. The highest BCUT2D eigenvalue weighted by molar-refractivity contribution is 6.62. The lowest BCUT2D eigenvalue weighted by Gasteiger charge is -2.32. The topological polar surface area (TPSA) is 121 Å². The third-order valence-corrected chi connectivity index (χ3v) is 10.5. The van der Waals surface area contributed by atoms with E-state index in [1.54, 1.807) is 13.1 Å². The summed E-state index contributed by atoms with van der Waals surface area (Å²) in [4.78, 5) is 13.4. The van der Waals surface area contributed by atoms with E-state index in [0.717, 1.165) is 109 Å². The van der Waals surface area contributed by atoms with Crippen LogP contribution in [0.25, 0.3) is 11.1 Å². The molecule has 2 aromatic carbocycles. The molecule has 56 heavy (non-hydrogen) atoms. The molecule has 0 unspecified atom stereocenters. The molecule has 4 N–H and O–H groups in total. The number of anilines is 4. The highest BCUT2D eigenvalue weighted by atomic mass is 35.5. The second-order valence-corrected chi connectivity index (χ2v) is 15.3. The first-order valence-corrected chi connectivity index (χ1v) is 19.4. The summed E-state index contributed by atoms with van der Waals surface area (Å²) in [6, 6.07) is 15.9. The molecule has 3 saturated heterocycles. The quantitative estimate of drug-likeness (QED) is 0.132. The minimum absolute atomic E-state index is 0.311. The van der Waals surface area contributed by atoms with Gasteiger partial charge in [-0.15, -0.1) is 0 Å². The number of hydrogen-bond donors (Lipinski definition) is 2. The van der Waals surface area contributed by atoms with Crippen LogP contribution < -0.4 is 26.7 Å². The van der Waals surface area contributed by atoms with E-state index in [1.807, 2.05) is 62.5 Å². The van der Waals surface area contributed by atoms with Crippen molar-refractivity contribution >= 4 is 46.9 Å². The molecule has 5 heterocycles. The number of nitrogens with zero attached hydrogens (tertiary/aromatic N) is 4. The van der Waals surface area contributed by atoms with E-state index in [2.05, 4.69) is 84.1 Å². The van der Waals surface area contributed by atoms with Gasteiger partial charge in [-0.05, 0) is 120 Å². The van der Waals surface area contributed by atoms with Crippen molar-refractivity contribution < 1.29 is 18.8 Å². The number of morpholine rings is 2. The molecule has 294 valence electrons. The van der Waals surface area contributed by atoms with E-state index in [9.17, 15) is 0 Å². The van der Waals surface area contributed by atoms with E-state index in [1.165, 1.54) is 5.56 Å². The minimum atomic E-state index is -0.330. The normalized spacial score (nSPS) is 16.9. The van der Waals surface area contributed by atoms with Crippen molar-refractivity contribution in [2.24, 2.45) is 0 Å². The fraction of sp³-hybridized carbons (Fsp3) is 0.409. The Morgan fingerprint density at radius 2 is 1.16 bits per heavy atom. The number of nitrogen functional groups attached to an aromatic ring is 2. The summed E-state index contributed by atoms with van der Waals surface area (Å²) in [6.45, 7) is 22.4. The van der Waals surface area contributed by atoms with Crippen molar-refractivity contribution in [2.75, 3.05) is 73.9 Å². The number of aryl methyl sites for hydroxylation is 2. The molecule has 0 atom stereocenters. The van der Waals surface area contributed by atoms with Crippen molar-refractivity contribution in [1.82, 2.24) is 9.97 Å². The Hall–Kier alpha value is -4.75. The molecule has 2 aromatic heterocycles. The van der Waals surface area contributed by atoms with Crippen molar-refractivity contribution in [3.05, 3.63) is 88.5 Å². The van der Waals surface area contributed by atoms with E-state index in [-0.39, 0.29) is 18.3 Å². The van der Waals surface area contributed by atoms with Gasteiger partial charge >= 0.3 is 7.12 Å². The first kappa shape index (κ1) is 42.4. The van der Waals surface area contributed by atoms with Crippen LogP contribution in [0.15, 0.2) is 60.9 Å². The van der Waals surface area contributed by atoms with E-state index in [0.29, 0.717) is 5.02 Å². The predicted octanol–water partition coefficient (Wildman–Crippen LogP) is 6.67. The van der Waals surface area contributed by atoms with Crippen LogP contribution in [-0.4, -0.2) is 80.9 Å². The highest BCUT2D eigenvalue weighted by Crippen LogP contribution is 2.37. The second kappa shape index (κ2) is 18.9. The molecule has 0 amide bonds. The maximum Gasteiger partial charge on any atom is 0.495 e. The molecule has 0 saturated carbocycles. The summed E-state index contributed by atoms with van der Waals surface area (Å²) in [6.07, 6.45) is 3.51. The van der Waals surface area contributed by atoms with Crippen LogP contribution in [0.2, 0.25) is 5.02 Å².